The van der Waals surface area contributed by atoms with E-state index < -0.39 is 9.84 Å². The molecule has 4 nitrogen and oxygen atoms in total. The van der Waals surface area contributed by atoms with Gasteiger partial charge in [-0.05, 0) is 39.7 Å². The Labute approximate surface area is 98.1 Å². The number of likely N-dealkylation sites (tertiary alicyclic amines) is 1. The van der Waals surface area contributed by atoms with E-state index in [1.165, 1.54) is 0 Å². The molecule has 0 aliphatic carbocycles. The van der Waals surface area contributed by atoms with Gasteiger partial charge in [0.25, 0.3) is 0 Å². The quantitative estimate of drug-likeness (QED) is 0.765. The Balaban J connectivity index is 2.30. The highest BCUT2D eigenvalue weighted by molar-refractivity contribution is 7.91. The minimum Gasteiger partial charge on any atom is -0.329 e. The molecule has 0 spiro atoms. The van der Waals surface area contributed by atoms with E-state index in [4.69, 9.17) is 5.73 Å². The first-order valence-electron chi connectivity index (χ1n) is 6.00. The lowest BCUT2D eigenvalue weighted by Gasteiger charge is -2.45. The molecule has 2 aliphatic heterocycles. The lowest BCUT2D eigenvalue weighted by Crippen LogP contribution is -2.59. The third-order valence-electron chi connectivity index (χ3n) is 4.22. The maximum atomic E-state index is 11.7. The Kier molecular flexibility index (Phi) is 2.84. The van der Waals surface area contributed by atoms with Crippen LogP contribution in [0.1, 0.15) is 33.1 Å². The molecule has 5 heteroatoms. The molecule has 2 aliphatic rings. The normalized spacial score (nSPS) is 37.9. The Morgan fingerprint density at radius 1 is 1.31 bits per heavy atom. The summed E-state index contributed by atoms with van der Waals surface area (Å²) in [4.78, 5) is 2.35. The second kappa shape index (κ2) is 3.68. The van der Waals surface area contributed by atoms with E-state index in [0.717, 1.165) is 19.4 Å². The van der Waals surface area contributed by atoms with Gasteiger partial charge in [-0.2, -0.15) is 0 Å². The summed E-state index contributed by atoms with van der Waals surface area (Å²) in [6.45, 7) is 5.83. The molecule has 94 valence electrons. The standard InChI is InChI=1S/C11H22N2O2S/c1-10(2)4-3-6-13(10)11(8-12)5-7-16(14,15)9-11/h3-9,12H2,1-2H3. The molecule has 2 N–H and O–H groups in total. The van der Waals surface area contributed by atoms with Crippen molar-refractivity contribution >= 4 is 9.84 Å². The third-order valence-corrected chi connectivity index (χ3v) is 6.02. The Bertz CT molecular complexity index is 377. The molecule has 2 fully saturated rings. The Hall–Kier alpha value is -0.130. The van der Waals surface area contributed by atoms with Crippen LogP contribution < -0.4 is 5.73 Å². The van der Waals surface area contributed by atoms with Gasteiger partial charge in [-0.25, -0.2) is 8.42 Å². The molecule has 2 rings (SSSR count). The van der Waals surface area contributed by atoms with Gasteiger partial charge < -0.3 is 5.73 Å². The van der Waals surface area contributed by atoms with Gasteiger partial charge in [0.1, 0.15) is 0 Å². The van der Waals surface area contributed by atoms with Crippen LogP contribution in [0, 0.1) is 0 Å². The van der Waals surface area contributed by atoms with Crippen LogP contribution in [0.4, 0.5) is 0 Å². The fourth-order valence-electron chi connectivity index (χ4n) is 3.37. The van der Waals surface area contributed by atoms with Crippen molar-refractivity contribution in [2.75, 3.05) is 24.6 Å². The van der Waals surface area contributed by atoms with E-state index in [2.05, 4.69) is 18.7 Å². The van der Waals surface area contributed by atoms with E-state index in [0.29, 0.717) is 18.7 Å². The van der Waals surface area contributed by atoms with E-state index in [9.17, 15) is 8.42 Å². The molecular weight excluding hydrogens is 224 g/mol. The van der Waals surface area contributed by atoms with Gasteiger partial charge >= 0.3 is 0 Å². The van der Waals surface area contributed by atoms with E-state index in [-0.39, 0.29) is 16.8 Å². The number of rotatable bonds is 2. The molecular formula is C11H22N2O2S. The summed E-state index contributed by atoms with van der Waals surface area (Å²) < 4.78 is 23.4. The Morgan fingerprint density at radius 3 is 2.38 bits per heavy atom. The van der Waals surface area contributed by atoms with Gasteiger partial charge in [-0.15, -0.1) is 0 Å². The monoisotopic (exact) mass is 246 g/mol. The predicted molar refractivity (Wildman–Crippen MR) is 65.1 cm³/mol. The van der Waals surface area contributed by atoms with Crippen LogP contribution in [0.5, 0.6) is 0 Å². The number of hydrogen-bond acceptors (Lipinski definition) is 4. The van der Waals surface area contributed by atoms with Crippen molar-refractivity contribution in [2.45, 2.75) is 44.2 Å². The topological polar surface area (TPSA) is 63.4 Å². The number of sulfone groups is 1. The molecule has 0 bridgehead atoms. The number of nitrogens with two attached hydrogens (primary N) is 1. The zero-order valence-electron chi connectivity index (χ0n) is 10.2. The van der Waals surface area contributed by atoms with Gasteiger partial charge in [-0.3, -0.25) is 4.90 Å². The first-order chi connectivity index (χ1) is 7.31. The minimum atomic E-state index is -2.88. The van der Waals surface area contributed by atoms with Crippen molar-refractivity contribution in [1.82, 2.24) is 4.90 Å². The van der Waals surface area contributed by atoms with Crippen LogP contribution in [0.15, 0.2) is 0 Å². The van der Waals surface area contributed by atoms with Crippen LogP contribution in [-0.4, -0.2) is 49.0 Å². The van der Waals surface area contributed by atoms with Gasteiger partial charge in [0.05, 0.1) is 11.5 Å². The van der Waals surface area contributed by atoms with E-state index in [1.807, 2.05) is 0 Å². The molecule has 2 saturated heterocycles. The first kappa shape index (κ1) is 12.3. The highest BCUT2D eigenvalue weighted by Gasteiger charge is 2.51. The number of hydrogen-bond donors (Lipinski definition) is 1. The minimum absolute atomic E-state index is 0.0965. The van der Waals surface area contributed by atoms with Crippen molar-refractivity contribution in [3.8, 4) is 0 Å². The van der Waals surface area contributed by atoms with Gasteiger partial charge in [0.2, 0.25) is 0 Å². The molecule has 1 unspecified atom stereocenters. The molecule has 0 amide bonds. The van der Waals surface area contributed by atoms with E-state index >= 15 is 0 Å². The summed E-state index contributed by atoms with van der Waals surface area (Å²) in [5, 5.41) is 0. The molecule has 0 aromatic rings. The van der Waals surface area contributed by atoms with Crippen molar-refractivity contribution in [2.24, 2.45) is 5.73 Å². The van der Waals surface area contributed by atoms with Crippen LogP contribution in [-0.2, 0) is 9.84 Å². The van der Waals surface area contributed by atoms with Crippen LogP contribution in [0.2, 0.25) is 0 Å². The lowest BCUT2D eigenvalue weighted by atomic mass is 9.91. The van der Waals surface area contributed by atoms with Gasteiger partial charge in [0, 0.05) is 17.6 Å². The highest BCUT2D eigenvalue weighted by Crippen LogP contribution is 2.39. The average Bonchev–Trinajstić information content (AvgIpc) is 2.67. The zero-order valence-corrected chi connectivity index (χ0v) is 11.0. The molecule has 16 heavy (non-hydrogen) atoms. The summed E-state index contributed by atoms with van der Waals surface area (Å²) in [5.41, 5.74) is 5.69. The third kappa shape index (κ3) is 1.89. The van der Waals surface area contributed by atoms with Crippen LogP contribution >= 0.6 is 0 Å². The fraction of sp³-hybridized carbons (Fsp3) is 1.00. The molecule has 0 saturated carbocycles. The van der Waals surface area contributed by atoms with Crippen molar-refractivity contribution < 1.29 is 8.42 Å². The maximum Gasteiger partial charge on any atom is 0.152 e. The lowest BCUT2D eigenvalue weighted by molar-refractivity contribution is 0.0527. The molecule has 2 heterocycles. The first-order valence-corrected chi connectivity index (χ1v) is 7.82. The van der Waals surface area contributed by atoms with Crippen molar-refractivity contribution in [1.29, 1.82) is 0 Å². The molecule has 1 atom stereocenters. The Morgan fingerprint density at radius 2 is 2.00 bits per heavy atom. The van der Waals surface area contributed by atoms with Gasteiger partial charge in [0.15, 0.2) is 9.84 Å². The SMILES string of the molecule is CC1(C)CCCN1C1(CN)CCS(=O)(=O)C1. The summed E-state index contributed by atoms with van der Waals surface area (Å²) in [6.07, 6.45) is 2.98. The summed E-state index contributed by atoms with van der Waals surface area (Å²) in [5.74, 6) is 0.552. The maximum absolute atomic E-state index is 11.7. The van der Waals surface area contributed by atoms with Crippen LogP contribution in [0.25, 0.3) is 0 Å². The smallest absolute Gasteiger partial charge is 0.152 e. The summed E-state index contributed by atoms with van der Waals surface area (Å²) in [6, 6.07) is 0. The second-order valence-corrected chi connectivity index (χ2v) is 8.02. The van der Waals surface area contributed by atoms with E-state index in [1.54, 1.807) is 0 Å². The van der Waals surface area contributed by atoms with Gasteiger partial charge in [-0.1, -0.05) is 0 Å². The predicted octanol–water partition coefficient (Wildman–Crippen LogP) is 0.377. The zero-order chi connectivity index (χ0) is 12.0. The largest absolute Gasteiger partial charge is 0.329 e. The molecule has 0 aromatic heterocycles. The fourth-order valence-corrected chi connectivity index (χ4v) is 5.44. The van der Waals surface area contributed by atoms with Crippen molar-refractivity contribution in [3.05, 3.63) is 0 Å². The van der Waals surface area contributed by atoms with Crippen LogP contribution in [0.3, 0.4) is 0 Å². The number of nitrogens with zero attached hydrogens (tertiary/aromatic N) is 1. The summed E-state index contributed by atoms with van der Waals surface area (Å²) >= 11 is 0. The highest BCUT2D eigenvalue weighted by atomic mass is 32.2. The average molecular weight is 246 g/mol. The second-order valence-electron chi connectivity index (χ2n) is 5.84. The van der Waals surface area contributed by atoms with Crippen molar-refractivity contribution in [3.63, 3.8) is 0 Å². The summed E-state index contributed by atoms with van der Waals surface area (Å²) in [7, 11) is -2.88. The molecule has 0 radical (unpaired) electrons. The molecule has 0 aromatic carbocycles.